The Bertz CT molecular complexity index is 610. The van der Waals surface area contributed by atoms with Gasteiger partial charge in [0.2, 0.25) is 5.91 Å². The van der Waals surface area contributed by atoms with Gasteiger partial charge in [-0.05, 0) is 54.7 Å². The minimum absolute atomic E-state index is 0.0526. The minimum Gasteiger partial charge on any atom is -0.325 e. The summed E-state index contributed by atoms with van der Waals surface area (Å²) in [6, 6.07) is 16.3. The lowest BCUT2D eigenvalue weighted by atomic mass is 10.1. The van der Waals surface area contributed by atoms with Crippen LogP contribution in [-0.4, -0.2) is 11.7 Å². The number of carbonyl (C=O) groups is 1. The molecule has 0 atom stereocenters. The molecule has 1 N–H and O–H groups in total. The van der Waals surface area contributed by atoms with Crippen LogP contribution in [0.1, 0.15) is 17.5 Å². The summed E-state index contributed by atoms with van der Waals surface area (Å²) >= 11 is 1.56. The molecule has 3 heteroatoms. The Morgan fingerprint density at radius 2 is 1.85 bits per heavy atom. The molecule has 1 amide bonds. The Kier molecular flexibility index (Phi) is 4.07. The van der Waals surface area contributed by atoms with Crippen LogP contribution in [0.5, 0.6) is 0 Å². The number of rotatable bonds is 4. The first kappa shape index (κ1) is 13.3. The first-order chi connectivity index (χ1) is 9.81. The molecule has 0 radical (unpaired) electrons. The number of aryl methyl sites for hydroxylation is 2. The Balaban J connectivity index is 1.56. The van der Waals surface area contributed by atoms with Gasteiger partial charge in [0.15, 0.2) is 0 Å². The van der Waals surface area contributed by atoms with Gasteiger partial charge >= 0.3 is 0 Å². The van der Waals surface area contributed by atoms with Crippen molar-refractivity contribution in [1.29, 1.82) is 0 Å². The zero-order chi connectivity index (χ0) is 13.8. The van der Waals surface area contributed by atoms with E-state index in [-0.39, 0.29) is 5.91 Å². The number of hydrogen-bond acceptors (Lipinski definition) is 2. The van der Waals surface area contributed by atoms with Crippen LogP contribution in [0.4, 0.5) is 5.69 Å². The van der Waals surface area contributed by atoms with Crippen LogP contribution in [-0.2, 0) is 17.6 Å². The Morgan fingerprint density at radius 3 is 2.70 bits per heavy atom. The van der Waals surface area contributed by atoms with Gasteiger partial charge < -0.3 is 5.32 Å². The second-order valence-corrected chi connectivity index (χ2v) is 6.04. The summed E-state index contributed by atoms with van der Waals surface area (Å²) < 4.78 is 0. The van der Waals surface area contributed by atoms with E-state index in [1.807, 2.05) is 36.4 Å². The minimum atomic E-state index is 0.0526. The van der Waals surface area contributed by atoms with Gasteiger partial charge in [-0.3, -0.25) is 4.79 Å². The number of fused-ring (bicyclic) bond motifs is 1. The number of anilines is 1. The van der Waals surface area contributed by atoms with Crippen molar-refractivity contribution in [3.63, 3.8) is 0 Å². The zero-order valence-corrected chi connectivity index (χ0v) is 12.1. The lowest BCUT2D eigenvalue weighted by Crippen LogP contribution is -2.14. The molecule has 0 saturated carbocycles. The molecule has 102 valence electrons. The van der Waals surface area contributed by atoms with Crippen LogP contribution in [0, 0.1) is 0 Å². The van der Waals surface area contributed by atoms with E-state index in [2.05, 4.69) is 17.4 Å². The molecule has 0 heterocycles. The van der Waals surface area contributed by atoms with Crippen molar-refractivity contribution >= 4 is 23.4 Å². The number of hydrogen-bond donors (Lipinski definition) is 1. The third-order valence-electron chi connectivity index (χ3n) is 3.50. The normalized spacial score (nSPS) is 13.0. The van der Waals surface area contributed by atoms with E-state index in [1.165, 1.54) is 24.0 Å². The molecule has 0 aromatic heterocycles. The number of nitrogens with one attached hydrogen (secondary N) is 1. The highest BCUT2D eigenvalue weighted by Crippen LogP contribution is 2.25. The molecular weight excluding hydrogens is 266 g/mol. The number of amides is 1. The van der Waals surface area contributed by atoms with Crippen molar-refractivity contribution in [2.24, 2.45) is 0 Å². The standard InChI is InChI=1S/C17H17NOS/c19-17(12-20-16-7-2-1-3-8-16)18-15-10-9-13-5-4-6-14(13)11-15/h1-3,7-11H,4-6,12H2,(H,18,19). The van der Waals surface area contributed by atoms with E-state index in [4.69, 9.17) is 0 Å². The summed E-state index contributed by atoms with van der Waals surface area (Å²) in [5.74, 6) is 0.498. The van der Waals surface area contributed by atoms with Gasteiger partial charge in [-0.2, -0.15) is 0 Å². The van der Waals surface area contributed by atoms with Crippen LogP contribution in [0.2, 0.25) is 0 Å². The fourth-order valence-electron chi connectivity index (χ4n) is 2.51. The van der Waals surface area contributed by atoms with Crippen LogP contribution in [0.25, 0.3) is 0 Å². The molecule has 2 nitrogen and oxygen atoms in total. The molecule has 0 bridgehead atoms. The van der Waals surface area contributed by atoms with Gasteiger partial charge in [0, 0.05) is 10.6 Å². The highest BCUT2D eigenvalue weighted by atomic mass is 32.2. The predicted octanol–water partition coefficient (Wildman–Crippen LogP) is 3.91. The topological polar surface area (TPSA) is 29.1 Å². The molecule has 20 heavy (non-hydrogen) atoms. The second-order valence-electron chi connectivity index (χ2n) is 4.99. The molecular formula is C17H17NOS. The summed E-state index contributed by atoms with van der Waals surface area (Å²) in [7, 11) is 0. The molecule has 2 aromatic carbocycles. The maximum Gasteiger partial charge on any atom is 0.234 e. The molecule has 1 aliphatic carbocycles. The third kappa shape index (κ3) is 3.23. The van der Waals surface area contributed by atoms with Crippen molar-refractivity contribution in [3.8, 4) is 0 Å². The third-order valence-corrected chi connectivity index (χ3v) is 4.51. The van der Waals surface area contributed by atoms with Gasteiger partial charge in [-0.15, -0.1) is 11.8 Å². The van der Waals surface area contributed by atoms with Crippen molar-refractivity contribution in [1.82, 2.24) is 0 Å². The van der Waals surface area contributed by atoms with Crippen molar-refractivity contribution in [3.05, 3.63) is 59.7 Å². The maximum absolute atomic E-state index is 12.0. The molecule has 0 fully saturated rings. The largest absolute Gasteiger partial charge is 0.325 e. The molecule has 3 rings (SSSR count). The highest BCUT2D eigenvalue weighted by molar-refractivity contribution is 8.00. The Labute approximate surface area is 123 Å². The smallest absolute Gasteiger partial charge is 0.234 e. The number of benzene rings is 2. The lowest BCUT2D eigenvalue weighted by Gasteiger charge is -2.07. The fraction of sp³-hybridized carbons (Fsp3) is 0.235. The summed E-state index contributed by atoms with van der Waals surface area (Å²) in [5.41, 5.74) is 3.74. The van der Waals surface area contributed by atoms with Crippen LogP contribution in [0.3, 0.4) is 0 Å². The summed E-state index contributed by atoms with van der Waals surface area (Å²) in [5, 5.41) is 2.98. The molecule has 0 unspecified atom stereocenters. The average molecular weight is 283 g/mol. The fourth-order valence-corrected chi connectivity index (χ4v) is 3.23. The molecule has 2 aromatic rings. The van der Waals surface area contributed by atoms with Crippen LogP contribution >= 0.6 is 11.8 Å². The molecule has 1 aliphatic rings. The lowest BCUT2D eigenvalue weighted by molar-refractivity contribution is -0.113. The van der Waals surface area contributed by atoms with Gasteiger partial charge in [0.05, 0.1) is 5.75 Å². The monoisotopic (exact) mass is 283 g/mol. The SMILES string of the molecule is O=C(CSc1ccccc1)Nc1ccc2c(c1)CCC2. The molecule has 0 saturated heterocycles. The van der Waals surface area contributed by atoms with Crippen LogP contribution in [0.15, 0.2) is 53.4 Å². The van der Waals surface area contributed by atoms with Crippen LogP contribution < -0.4 is 5.32 Å². The zero-order valence-electron chi connectivity index (χ0n) is 11.3. The van der Waals surface area contributed by atoms with Gasteiger partial charge in [0.25, 0.3) is 0 Å². The van der Waals surface area contributed by atoms with E-state index < -0.39 is 0 Å². The highest BCUT2D eigenvalue weighted by Gasteiger charge is 2.11. The molecule has 0 aliphatic heterocycles. The summed E-state index contributed by atoms with van der Waals surface area (Å²) in [6.07, 6.45) is 3.54. The number of thioether (sulfide) groups is 1. The average Bonchev–Trinajstić information content (AvgIpc) is 2.94. The van der Waals surface area contributed by atoms with E-state index >= 15 is 0 Å². The Morgan fingerprint density at radius 1 is 1.05 bits per heavy atom. The first-order valence-corrected chi connectivity index (χ1v) is 7.89. The number of carbonyl (C=O) groups excluding carboxylic acids is 1. The van der Waals surface area contributed by atoms with E-state index in [1.54, 1.807) is 11.8 Å². The predicted molar refractivity (Wildman–Crippen MR) is 84.3 cm³/mol. The quantitative estimate of drug-likeness (QED) is 0.862. The summed E-state index contributed by atoms with van der Waals surface area (Å²) in [6.45, 7) is 0. The van der Waals surface area contributed by atoms with Crippen molar-refractivity contribution in [2.75, 3.05) is 11.1 Å². The molecule has 0 spiro atoms. The van der Waals surface area contributed by atoms with Gasteiger partial charge in [0.1, 0.15) is 0 Å². The summed E-state index contributed by atoms with van der Waals surface area (Å²) in [4.78, 5) is 13.1. The van der Waals surface area contributed by atoms with E-state index in [0.717, 1.165) is 17.0 Å². The van der Waals surface area contributed by atoms with E-state index in [9.17, 15) is 4.79 Å². The second kappa shape index (κ2) is 6.14. The maximum atomic E-state index is 12.0. The van der Waals surface area contributed by atoms with Gasteiger partial charge in [-0.25, -0.2) is 0 Å². The van der Waals surface area contributed by atoms with Crippen molar-refractivity contribution < 1.29 is 4.79 Å². The van der Waals surface area contributed by atoms with E-state index in [0.29, 0.717) is 5.75 Å². The van der Waals surface area contributed by atoms with Crippen molar-refractivity contribution in [2.45, 2.75) is 24.2 Å². The first-order valence-electron chi connectivity index (χ1n) is 6.91. The van der Waals surface area contributed by atoms with Gasteiger partial charge in [-0.1, -0.05) is 24.3 Å². The Hall–Kier alpha value is -1.74.